The van der Waals surface area contributed by atoms with Crippen LogP contribution >= 0.6 is 12.4 Å². The molecule has 10 heteroatoms. The van der Waals surface area contributed by atoms with E-state index in [0.29, 0.717) is 13.1 Å². The van der Waals surface area contributed by atoms with Crippen LogP contribution in [0.25, 0.3) is 0 Å². The topological polar surface area (TPSA) is 58.6 Å². The van der Waals surface area contributed by atoms with Gasteiger partial charge in [-0.2, -0.15) is 17.5 Å². The lowest BCUT2D eigenvalue weighted by Gasteiger charge is -2.31. The molecule has 2 rings (SSSR count). The van der Waals surface area contributed by atoms with E-state index in [1.807, 2.05) is 0 Å². The Morgan fingerprint density at radius 1 is 1.29 bits per heavy atom. The molecule has 0 spiro atoms. The fourth-order valence-corrected chi connectivity index (χ4v) is 3.94. The number of nitrogens with one attached hydrogen (secondary N) is 1. The maximum Gasteiger partial charge on any atom is 0.422 e. The van der Waals surface area contributed by atoms with Gasteiger partial charge >= 0.3 is 6.18 Å². The first-order chi connectivity index (χ1) is 10.7. The van der Waals surface area contributed by atoms with Crippen LogP contribution in [0.1, 0.15) is 12.8 Å². The van der Waals surface area contributed by atoms with Gasteiger partial charge in [0.2, 0.25) is 10.0 Å². The highest BCUT2D eigenvalue weighted by atomic mass is 35.5. The largest absolute Gasteiger partial charge is 0.484 e. The Balaban J connectivity index is 0.00000288. The van der Waals surface area contributed by atoms with Crippen molar-refractivity contribution >= 4 is 22.4 Å². The Kier molecular flexibility index (Phi) is 7.33. The summed E-state index contributed by atoms with van der Waals surface area (Å²) in [6, 6.07) is 5.11. The third kappa shape index (κ3) is 5.51. The maximum absolute atomic E-state index is 12.6. The molecule has 1 aromatic carbocycles. The molecule has 1 N–H and O–H groups in total. The molecule has 0 bridgehead atoms. The Morgan fingerprint density at radius 2 is 1.92 bits per heavy atom. The second-order valence-corrected chi connectivity index (χ2v) is 7.30. The summed E-state index contributed by atoms with van der Waals surface area (Å²) in [5, 5.41) is 3.06. The fourth-order valence-electron chi connectivity index (χ4n) is 2.42. The van der Waals surface area contributed by atoms with Crippen LogP contribution in [-0.4, -0.2) is 51.7 Å². The number of piperidine rings is 1. The number of ether oxygens (including phenoxy) is 1. The van der Waals surface area contributed by atoms with Crippen molar-refractivity contribution in [3.05, 3.63) is 24.3 Å². The third-order valence-electron chi connectivity index (χ3n) is 3.66. The number of nitrogens with zero attached hydrogens (tertiary/aromatic N) is 1. The van der Waals surface area contributed by atoms with Crippen LogP contribution < -0.4 is 10.1 Å². The first-order valence-corrected chi connectivity index (χ1v) is 8.63. The molecule has 1 aromatic rings. The lowest BCUT2D eigenvalue weighted by Crippen LogP contribution is -2.46. The van der Waals surface area contributed by atoms with Crippen LogP contribution in [0.5, 0.6) is 5.75 Å². The van der Waals surface area contributed by atoms with E-state index >= 15 is 0 Å². The van der Waals surface area contributed by atoms with Crippen molar-refractivity contribution in [2.75, 3.05) is 26.7 Å². The van der Waals surface area contributed by atoms with E-state index in [4.69, 9.17) is 0 Å². The molecule has 0 saturated carbocycles. The number of hydrogen-bond donors (Lipinski definition) is 1. The summed E-state index contributed by atoms with van der Waals surface area (Å²) in [4.78, 5) is 0.0496. The molecule has 1 aliphatic heterocycles. The molecule has 1 unspecified atom stereocenters. The van der Waals surface area contributed by atoms with Crippen LogP contribution in [0.15, 0.2) is 29.2 Å². The summed E-state index contributed by atoms with van der Waals surface area (Å²) >= 11 is 0. The monoisotopic (exact) mass is 388 g/mol. The third-order valence-corrected chi connectivity index (χ3v) is 5.54. The number of alkyl halides is 3. The van der Waals surface area contributed by atoms with Gasteiger partial charge in [0.05, 0.1) is 4.90 Å². The molecule has 0 aliphatic carbocycles. The molecule has 1 atom stereocenters. The number of rotatable bonds is 5. The number of sulfonamides is 1. The molecule has 0 amide bonds. The van der Waals surface area contributed by atoms with Gasteiger partial charge in [-0.15, -0.1) is 12.4 Å². The van der Waals surface area contributed by atoms with Crippen LogP contribution in [-0.2, 0) is 10.0 Å². The van der Waals surface area contributed by atoms with Crippen LogP contribution in [0, 0.1) is 0 Å². The molecular formula is C14H20ClF3N2O3S. The average molecular weight is 389 g/mol. The predicted octanol–water partition coefficient (Wildman–Crippen LogP) is 2.42. The fraction of sp³-hybridized carbons (Fsp3) is 0.571. The van der Waals surface area contributed by atoms with Crippen molar-refractivity contribution < 1.29 is 26.3 Å². The van der Waals surface area contributed by atoms with Gasteiger partial charge in [-0.3, -0.25) is 0 Å². The smallest absolute Gasteiger partial charge is 0.422 e. The Morgan fingerprint density at radius 3 is 2.46 bits per heavy atom. The van der Waals surface area contributed by atoms with E-state index in [1.54, 1.807) is 7.05 Å². The van der Waals surface area contributed by atoms with Gasteiger partial charge in [0.1, 0.15) is 5.75 Å². The van der Waals surface area contributed by atoms with Gasteiger partial charge in [-0.05, 0) is 44.2 Å². The summed E-state index contributed by atoms with van der Waals surface area (Å²) in [5.41, 5.74) is 0. The van der Waals surface area contributed by atoms with Gasteiger partial charge < -0.3 is 10.1 Å². The molecule has 1 aliphatic rings. The molecule has 1 heterocycles. The summed E-state index contributed by atoms with van der Waals surface area (Å²) in [6.45, 7) is -0.590. The Bertz CT molecular complexity index is 623. The van der Waals surface area contributed by atoms with Gasteiger partial charge in [0.15, 0.2) is 6.61 Å². The van der Waals surface area contributed by atoms with E-state index in [-0.39, 0.29) is 29.1 Å². The normalized spacial score (nSPS) is 19.6. The van der Waals surface area contributed by atoms with E-state index in [0.717, 1.165) is 12.8 Å². The zero-order chi connectivity index (χ0) is 17.1. The highest BCUT2D eigenvalue weighted by Crippen LogP contribution is 2.24. The quantitative estimate of drug-likeness (QED) is 0.841. The second-order valence-electron chi connectivity index (χ2n) is 5.37. The molecular weight excluding hydrogens is 369 g/mol. The van der Waals surface area contributed by atoms with E-state index in [1.165, 1.54) is 28.6 Å². The lowest BCUT2D eigenvalue weighted by atomic mass is 10.1. The molecule has 0 radical (unpaired) electrons. The first-order valence-electron chi connectivity index (χ1n) is 7.19. The molecule has 0 aromatic heterocycles. The van der Waals surface area contributed by atoms with Crippen molar-refractivity contribution in [3.8, 4) is 5.75 Å². The summed E-state index contributed by atoms with van der Waals surface area (Å²) in [7, 11) is -1.86. The maximum atomic E-state index is 12.6. The van der Waals surface area contributed by atoms with E-state index in [9.17, 15) is 21.6 Å². The van der Waals surface area contributed by atoms with Crippen molar-refractivity contribution in [2.24, 2.45) is 0 Å². The zero-order valence-electron chi connectivity index (χ0n) is 13.0. The summed E-state index contributed by atoms with van der Waals surface area (Å²) < 4.78 is 67.3. The van der Waals surface area contributed by atoms with Gasteiger partial charge in [-0.25, -0.2) is 8.42 Å². The average Bonchev–Trinajstić information content (AvgIpc) is 2.52. The van der Waals surface area contributed by atoms with Crippen molar-refractivity contribution in [1.82, 2.24) is 9.62 Å². The number of likely N-dealkylation sites (N-methyl/N-ethyl adjacent to an activating group) is 1. The number of benzene rings is 1. The first kappa shape index (κ1) is 21.0. The van der Waals surface area contributed by atoms with Crippen LogP contribution in [0.3, 0.4) is 0 Å². The molecule has 1 fully saturated rings. The number of halogens is 4. The second kappa shape index (κ2) is 8.37. The lowest BCUT2D eigenvalue weighted by molar-refractivity contribution is -0.153. The Hall–Kier alpha value is -1.03. The van der Waals surface area contributed by atoms with E-state index in [2.05, 4.69) is 10.1 Å². The minimum Gasteiger partial charge on any atom is -0.484 e. The minimum atomic E-state index is -4.43. The van der Waals surface area contributed by atoms with E-state index < -0.39 is 22.8 Å². The molecule has 138 valence electrons. The van der Waals surface area contributed by atoms with Crippen LogP contribution in [0.2, 0.25) is 0 Å². The predicted molar refractivity (Wildman–Crippen MR) is 86.1 cm³/mol. The van der Waals surface area contributed by atoms with Crippen molar-refractivity contribution in [2.45, 2.75) is 30.0 Å². The van der Waals surface area contributed by atoms with Gasteiger partial charge in [0.25, 0.3) is 0 Å². The van der Waals surface area contributed by atoms with Gasteiger partial charge in [0, 0.05) is 19.1 Å². The van der Waals surface area contributed by atoms with Gasteiger partial charge in [-0.1, -0.05) is 0 Å². The van der Waals surface area contributed by atoms with Crippen molar-refractivity contribution in [3.63, 3.8) is 0 Å². The SMILES string of the molecule is CNC1CCCN(S(=O)(=O)c2ccc(OCC(F)(F)F)cc2)C1.Cl. The molecule has 24 heavy (non-hydrogen) atoms. The van der Waals surface area contributed by atoms with Crippen LogP contribution in [0.4, 0.5) is 13.2 Å². The standard InChI is InChI=1S/C14H19F3N2O3S.ClH/c1-18-11-3-2-8-19(9-11)23(20,21)13-6-4-12(5-7-13)22-10-14(15,16)17;/h4-7,11,18H,2-3,8-10H2,1H3;1H. The highest BCUT2D eigenvalue weighted by molar-refractivity contribution is 7.89. The highest BCUT2D eigenvalue weighted by Gasteiger charge is 2.30. The summed E-state index contributed by atoms with van der Waals surface area (Å²) in [6.07, 6.45) is -2.76. The summed E-state index contributed by atoms with van der Waals surface area (Å²) in [5.74, 6) is -0.0204. The van der Waals surface area contributed by atoms with Crippen molar-refractivity contribution in [1.29, 1.82) is 0 Å². The Labute approximate surface area is 145 Å². The molecule has 1 saturated heterocycles. The minimum absolute atomic E-state index is 0. The molecule has 5 nitrogen and oxygen atoms in total. The zero-order valence-corrected chi connectivity index (χ0v) is 14.7. The number of hydrogen-bond acceptors (Lipinski definition) is 4.